The van der Waals surface area contributed by atoms with Crippen LogP contribution in [0.25, 0.3) is 5.69 Å². The van der Waals surface area contributed by atoms with Gasteiger partial charge in [0.25, 0.3) is 11.5 Å². The van der Waals surface area contributed by atoms with E-state index >= 15 is 0 Å². The summed E-state index contributed by atoms with van der Waals surface area (Å²) in [7, 11) is 3.32. The van der Waals surface area contributed by atoms with Crippen LogP contribution in [0.4, 0.5) is 8.78 Å². The Kier molecular flexibility index (Phi) is 7.42. The second kappa shape index (κ2) is 10.1. The zero-order chi connectivity index (χ0) is 23.4. The molecule has 1 aromatic heterocycles. The maximum Gasteiger partial charge on any atom is 0.273 e. The summed E-state index contributed by atoms with van der Waals surface area (Å²) in [5.74, 6) is -1.53. The van der Waals surface area contributed by atoms with E-state index in [9.17, 15) is 18.4 Å². The minimum absolute atomic E-state index is 0.118. The average molecular weight is 506 g/mol. The molecule has 0 aliphatic carbocycles. The van der Waals surface area contributed by atoms with Gasteiger partial charge >= 0.3 is 0 Å². The fraction of sp³-hybridized carbons (Fsp3) is 0.217. The number of aromatic nitrogens is 1. The summed E-state index contributed by atoms with van der Waals surface area (Å²) >= 11 is 3.26. The van der Waals surface area contributed by atoms with Crippen molar-refractivity contribution in [3.05, 3.63) is 91.3 Å². The number of ether oxygens (including phenoxy) is 1. The van der Waals surface area contributed by atoms with Gasteiger partial charge < -0.3 is 15.4 Å². The van der Waals surface area contributed by atoms with Crippen molar-refractivity contribution in [2.45, 2.75) is 20.1 Å². The Morgan fingerprint density at radius 3 is 2.53 bits per heavy atom. The van der Waals surface area contributed by atoms with E-state index in [0.717, 1.165) is 17.7 Å². The second-order valence-electron chi connectivity index (χ2n) is 7.09. The number of nitrogens with zero attached hydrogens (tertiary/aromatic N) is 1. The number of hydrogen-bond donors (Lipinski definition) is 2. The van der Waals surface area contributed by atoms with Gasteiger partial charge in [-0.3, -0.25) is 14.2 Å². The van der Waals surface area contributed by atoms with Crippen molar-refractivity contribution in [2.75, 3.05) is 14.1 Å². The van der Waals surface area contributed by atoms with Crippen LogP contribution in [0.5, 0.6) is 5.75 Å². The molecule has 2 N–H and O–H groups in total. The lowest BCUT2D eigenvalue weighted by Crippen LogP contribution is -2.27. The summed E-state index contributed by atoms with van der Waals surface area (Å²) in [5.41, 5.74) is 1.89. The Labute approximate surface area is 192 Å². The van der Waals surface area contributed by atoms with E-state index in [0.29, 0.717) is 23.5 Å². The molecule has 168 valence electrons. The van der Waals surface area contributed by atoms with Gasteiger partial charge in [-0.05, 0) is 59.7 Å². The molecule has 32 heavy (non-hydrogen) atoms. The number of carbonyl (C=O) groups is 1. The minimum atomic E-state index is -0.733. The molecule has 0 fully saturated rings. The molecule has 0 radical (unpaired) electrons. The summed E-state index contributed by atoms with van der Waals surface area (Å²) in [5, 5.41) is 5.63. The highest BCUT2D eigenvalue weighted by molar-refractivity contribution is 9.10. The van der Waals surface area contributed by atoms with Gasteiger partial charge in [0.05, 0.1) is 11.3 Å². The summed E-state index contributed by atoms with van der Waals surface area (Å²) in [6, 6.07) is 10.1. The first kappa shape index (κ1) is 23.6. The summed E-state index contributed by atoms with van der Waals surface area (Å²) in [4.78, 5) is 25.7. The van der Waals surface area contributed by atoms with Gasteiger partial charge in [-0.15, -0.1) is 0 Å². The first-order valence-electron chi connectivity index (χ1n) is 9.75. The van der Waals surface area contributed by atoms with Gasteiger partial charge in [-0.2, -0.15) is 0 Å². The minimum Gasteiger partial charge on any atom is -0.487 e. The Morgan fingerprint density at radius 1 is 1.12 bits per heavy atom. The average Bonchev–Trinajstić information content (AvgIpc) is 2.76. The number of benzene rings is 2. The highest BCUT2D eigenvalue weighted by Gasteiger charge is 2.19. The Hall–Kier alpha value is -3.04. The predicted molar refractivity (Wildman–Crippen MR) is 121 cm³/mol. The number of halogens is 3. The number of rotatable bonds is 7. The third-order valence-corrected chi connectivity index (χ3v) is 5.58. The maximum absolute atomic E-state index is 13.9. The van der Waals surface area contributed by atoms with Crippen LogP contribution in [0.15, 0.2) is 51.7 Å². The lowest BCUT2D eigenvalue weighted by atomic mass is 10.1. The zero-order valence-corrected chi connectivity index (χ0v) is 19.3. The molecule has 3 rings (SSSR count). The second-order valence-corrected chi connectivity index (χ2v) is 7.88. The van der Waals surface area contributed by atoms with Gasteiger partial charge in [0.2, 0.25) is 0 Å². The molecular formula is C23H22BrF2N3O3. The van der Waals surface area contributed by atoms with E-state index in [4.69, 9.17) is 4.74 Å². The molecule has 0 bridgehead atoms. The number of pyridine rings is 1. The summed E-state index contributed by atoms with van der Waals surface area (Å²) in [6.07, 6.45) is 0. The van der Waals surface area contributed by atoms with Crippen LogP contribution in [0, 0.1) is 18.6 Å². The number of nitrogens with one attached hydrogen (secondary N) is 2. The van der Waals surface area contributed by atoms with Crippen LogP contribution in [0.3, 0.4) is 0 Å². The molecule has 9 heteroatoms. The zero-order valence-electron chi connectivity index (χ0n) is 17.8. The lowest BCUT2D eigenvalue weighted by molar-refractivity contribution is 0.0963. The highest BCUT2D eigenvalue weighted by Crippen LogP contribution is 2.27. The molecule has 3 aromatic rings. The van der Waals surface area contributed by atoms with Crippen LogP contribution >= 0.6 is 15.9 Å². The van der Waals surface area contributed by atoms with Crippen molar-refractivity contribution in [3.63, 3.8) is 0 Å². The Bertz CT molecular complexity index is 1230. The monoisotopic (exact) mass is 505 g/mol. The van der Waals surface area contributed by atoms with Crippen LogP contribution < -0.4 is 20.9 Å². The molecule has 1 heterocycles. The van der Waals surface area contributed by atoms with Crippen molar-refractivity contribution < 1.29 is 18.3 Å². The summed E-state index contributed by atoms with van der Waals surface area (Å²) in [6.45, 7) is 2.08. The molecule has 0 atom stereocenters. The van der Waals surface area contributed by atoms with Gasteiger partial charge in [0.1, 0.15) is 28.5 Å². The topological polar surface area (TPSA) is 72.4 Å². The third kappa shape index (κ3) is 4.89. The summed E-state index contributed by atoms with van der Waals surface area (Å²) < 4.78 is 34.2. The van der Waals surface area contributed by atoms with Gasteiger partial charge in [-0.1, -0.05) is 6.07 Å². The SMILES string of the molecule is CNCc1ccc(-n2c(C)cc(OCc3ccc(F)cc3F)c(Br)c2=O)c(C(=O)NC)c1. The van der Waals surface area contributed by atoms with Crippen molar-refractivity contribution >= 4 is 21.8 Å². The van der Waals surface area contributed by atoms with Crippen LogP contribution in [0.2, 0.25) is 0 Å². The van der Waals surface area contributed by atoms with Crippen molar-refractivity contribution in [3.8, 4) is 11.4 Å². The Morgan fingerprint density at radius 2 is 1.88 bits per heavy atom. The van der Waals surface area contributed by atoms with E-state index in [1.54, 1.807) is 32.2 Å². The first-order chi connectivity index (χ1) is 15.3. The van der Waals surface area contributed by atoms with E-state index < -0.39 is 17.2 Å². The third-order valence-electron chi connectivity index (χ3n) is 4.85. The van der Waals surface area contributed by atoms with E-state index in [1.807, 2.05) is 6.07 Å². The normalized spacial score (nSPS) is 10.8. The van der Waals surface area contributed by atoms with E-state index in [1.165, 1.54) is 17.7 Å². The maximum atomic E-state index is 13.9. The quantitative estimate of drug-likeness (QED) is 0.511. The molecule has 0 unspecified atom stereocenters. The molecule has 0 spiro atoms. The molecule has 2 aromatic carbocycles. The van der Waals surface area contributed by atoms with Crippen molar-refractivity contribution in [2.24, 2.45) is 0 Å². The smallest absolute Gasteiger partial charge is 0.273 e. The van der Waals surface area contributed by atoms with Crippen LogP contribution in [-0.2, 0) is 13.2 Å². The van der Waals surface area contributed by atoms with Gasteiger partial charge in [0, 0.05) is 37.0 Å². The number of hydrogen-bond acceptors (Lipinski definition) is 4. The Balaban J connectivity index is 2.02. The lowest BCUT2D eigenvalue weighted by Gasteiger charge is -2.18. The van der Waals surface area contributed by atoms with Crippen LogP contribution in [0.1, 0.15) is 27.2 Å². The largest absolute Gasteiger partial charge is 0.487 e. The standard InChI is InChI=1S/C23H22BrF2N3O3/c1-13-8-20(32-12-15-5-6-16(25)10-18(15)26)21(24)23(31)29(13)19-7-4-14(11-27-2)9-17(19)22(30)28-3/h4-10,27H,11-12H2,1-3H3,(H,28,30). The van der Waals surface area contributed by atoms with Crippen LogP contribution in [-0.4, -0.2) is 24.6 Å². The van der Waals surface area contributed by atoms with Gasteiger partial charge in [0.15, 0.2) is 0 Å². The molecule has 0 saturated heterocycles. The molecular weight excluding hydrogens is 484 g/mol. The molecule has 0 aliphatic rings. The fourth-order valence-electron chi connectivity index (χ4n) is 3.29. The fourth-order valence-corrected chi connectivity index (χ4v) is 3.70. The van der Waals surface area contributed by atoms with Crippen molar-refractivity contribution in [1.82, 2.24) is 15.2 Å². The number of amides is 1. The molecule has 0 aliphatic heterocycles. The molecule has 1 amide bonds. The number of carbonyl (C=O) groups excluding carboxylic acids is 1. The van der Waals surface area contributed by atoms with Gasteiger partial charge in [-0.25, -0.2) is 8.78 Å². The van der Waals surface area contributed by atoms with E-state index in [-0.39, 0.29) is 28.3 Å². The number of aryl methyl sites for hydroxylation is 1. The highest BCUT2D eigenvalue weighted by atomic mass is 79.9. The molecule has 6 nitrogen and oxygen atoms in total. The van der Waals surface area contributed by atoms with E-state index in [2.05, 4.69) is 26.6 Å². The van der Waals surface area contributed by atoms with Crippen molar-refractivity contribution in [1.29, 1.82) is 0 Å². The molecule has 0 saturated carbocycles. The predicted octanol–water partition coefficient (Wildman–Crippen LogP) is 3.84. The first-order valence-corrected chi connectivity index (χ1v) is 10.5.